The van der Waals surface area contributed by atoms with Gasteiger partial charge in [-0.15, -0.1) is 0 Å². The number of para-hydroxylation sites is 1. The molecule has 7 nitrogen and oxygen atoms in total. The lowest BCUT2D eigenvalue weighted by Crippen LogP contribution is -2.40. The fraction of sp³-hybridized carbons (Fsp3) is 0.450. The molecule has 0 saturated heterocycles. The average molecular weight is 375 g/mol. The molecule has 1 aromatic heterocycles. The number of benzene rings is 1. The van der Waals surface area contributed by atoms with Gasteiger partial charge in [-0.3, -0.25) is 0 Å². The van der Waals surface area contributed by atoms with Crippen LogP contribution in [0.3, 0.4) is 0 Å². The minimum absolute atomic E-state index is 0.178. The molecule has 148 valence electrons. The van der Waals surface area contributed by atoms with E-state index in [1.807, 2.05) is 31.2 Å². The highest BCUT2D eigenvalue weighted by molar-refractivity contribution is 5.79. The quantitative estimate of drug-likeness (QED) is 0.335. The minimum Gasteiger partial charge on any atom is -0.496 e. The zero-order valence-electron chi connectivity index (χ0n) is 16.2. The van der Waals surface area contributed by atoms with Crippen molar-refractivity contribution < 1.29 is 19.0 Å². The van der Waals surface area contributed by atoms with Gasteiger partial charge in [-0.25, -0.2) is 4.99 Å². The molecule has 0 bridgehead atoms. The third kappa shape index (κ3) is 6.62. The van der Waals surface area contributed by atoms with Crippen LogP contribution in [0.5, 0.6) is 5.75 Å². The number of aliphatic hydroxyl groups is 1. The highest BCUT2D eigenvalue weighted by atomic mass is 16.5. The van der Waals surface area contributed by atoms with E-state index in [1.54, 1.807) is 26.2 Å². The fourth-order valence-electron chi connectivity index (χ4n) is 2.48. The van der Waals surface area contributed by atoms with Crippen molar-refractivity contribution in [3.63, 3.8) is 0 Å². The topological polar surface area (TPSA) is 88.3 Å². The SMILES string of the molecule is CCNC(=NCC(C)(O)c1ccco1)NCCOCc1ccccc1OC. The number of hydrogen-bond acceptors (Lipinski definition) is 5. The first-order valence-electron chi connectivity index (χ1n) is 9.05. The molecule has 0 radical (unpaired) electrons. The molecule has 7 heteroatoms. The molecule has 0 aliphatic rings. The van der Waals surface area contributed by atoms with E-state index in [2.05, 4.69) is 15.6 Å². The van der Waals surface area contributed by atoms with Crippen molar-refractivity contribution in [3.8, 4) is 5.75 Å². The molecule has 1 unspecified atom stereocenters. The number of furan rings is 1. The van der Waals surface area contributed by atoms with Gasteiger partial charge in [0.2, 0.25) is 0 Å². The van der Waals surface area contributed by atoms with Crippen molar-refractivity contribution in [2.24, 2.45) is 4.99 Å². The Balaban J connectivity index is 1.78. The van der Waals surface area contributed by atoms with Crippen LogP contribution in [0, 0.1) is 0 Å². The van der Waals surface area contributed by atoms with Gasteiger partial charge in [-0.1, -0.05) is 18.2 Å². The summed E-state index contributed by atoms with van der Waals surface area (Å²) in [6, 6.07) is 11.3. The molecule has 0 spiro atoms. The highest BCUT2D eigenvalue weighted by Crippen LogP contribution is 2.21. The van der Waals surface area contributed by atoms with Crippen molar-refractivity contribution >= 4 is 5.96 Å². The maximum Gasteiger partial charge on any atom is 0.191 e. The number of nitrogens with one attached hydrogen (secondary N) is 2. The first-order chi connectivity index (χ1) is 13.1. The third-order valence-corrected chi connectivity index (χ3v) is 3.93. The summed E-state index contributed by atoms with van der Waals surface area (Å²) < 4.78 is 16.3. The maximum atomic E-state index is 10.5. The second-order valence-electron chi connectivity index (χ2n) is 6.24. The van der Waals surface area contributed by atoms with Crippen LogP contribution in [0.15, 0.2) is 52.1 Å². The van der Waals surface area contributed by atoms with E-state index in [1.165, 1.54) is 6.26 Å². The standard InChI is InChI=1S/C20H29N3O4/c1-4-21-19(23-15-20(2,24)18-10-7-12-27-18)22-11-13-26-14-16-8-5-6-9-17(16)25-3/h5-10,12,24H,4,11,13-15H2,1-3H3,(H2,21,22,23). The van der Waals surface area contributed by atoms with Gasteiger partial charge >= 0.3 is 0 Å². The number of guanidine groups is 1. The first kappa shape index (κ1) is 20.8. The number of aliphatic imine (C=N–C) groups is 1. The second-order valence-corrected chi connectivity index (χ2v) is 6.24. The zero-order chi connectivity index (χ0) is 19.5. The van der Waals surface area contributed by atoms with Crippen molar-refractivity contribution in [1.82, 2.24) is 10.6 Å². The van der Waals surface area contributed by atoms with Gasteiger partial charge < -0.3 is 29.6 Å². The summed E-state index contributed by atoms with van der Waals surface area (Å²) in [5.41, 5.74) is -0.151. The maximum absolute atomic E-state index is 10.5. The smallest absolute Gasteiger partial charge is 0.191 e. The summed E-state index contributed by atoms with van der Waals surface area (Å²) >= 11 is 0. The zero-order valence-corrected chi connectivity index (χ0v) is 16.2. The van der Waals surface area contributed by atoms with Gasteiger partial charge in [-0.2, -0.15) is 0 Å². The van der Waals surface area contributed by atoms with Gasteiger partial charge in [-0.05, 0) is 32.0 Å². The molecular weight excluding hydrogens is 346 g/mol. The third-order valence-electron chi connectivity index (χ3n) is 3.93. The van der Waals surface area contributed by atoms with Crippen molar-refractivity contribution in [1.29, 1.82) is 0 Å². The molecule has 3 N–H and O–H groups in total. The van der Waals surface area contributed by atoms with Crippen LogP contribution < -0.4 is 15.4 Å². The Bertz CT molecular complexity index is 699. The number of methoxy groups -OCH3 is 1. The monoisotopic (exact) mass is 375 g/mol. The summed E-state index contributed by atoms with van der Waals surface area (Å²) in [5, 5.41) is 16.8. The Hall–Kier alpha value is -2.51. The predicted octanol–water partition coefficient (Wildman–Crippen LogP) is 2.27. The van der Waals surface area contributed by atoms with Crippen LogP contribution in [-0.4, -0.2) is 44.4 Å². The largest absolute Gasteiger partial charge is 0.496 e. The van der Waals surface area contributed by atoms with Gasteiger partial charge in [0, 0.05) is 18.7 Å². The van der Waals surface area contributed by atoms with Crippen LogP contribution in [0.4, 0.5) is 0 Å². The summed E-state index contributed by atoms with van der Waals surface area (Å²) in [6.45, 7) is 6.14. The Kier molecular flexibility index (Phi) is 8.16. The molecule has 0 aliphatic carbocycles. The van der Waals surface area contributed by atoms with E-state index in [0.29, 0.717) is 31.5 Å². The lowest BCUT2D eigenvalue weighted by molar-refractivity contribution is 0.0436. The molecule has 0 aliphatic heterocycles. The number of ether oxygens (including phenoxy) is 2. The lowest BCUT2D eigenvalue weighted by Gasteiger charge is -2.19. The molecule has 0 fully saturated rings. The predicted molar refractivity (Wildman–Crippen MR) is 105 cm³/mol. The lowest BCUT2D eigenvalue weighted by atomic mass is 10.0. The number of nitrogens with zero attached hydrogens (tertiary/aromatic N) is 1. The number of hydrogen-bond donors (Lipinski definition) is 3. The Labute approximate surface area is 160 Å². The molecule has 1 aromatic carbocycles. The van der Waals surface area contributed by atoms with Gasteiger partial charge in [0.25, 0.3) is 0 Å². The average Bonchev–Trinajstić information content (AvgIpc) is 3.22. The second kappa shape index (κ2) is 10.6. The van der Waals surface area contributed by atoms with Crippen LogP contribution in [0.25, 0.3) is 0 Å². The van der Waals surface area contributed by atoms with Gasteiger partial charge in [0.1, 0.15) is 17.1 Å². The first-order valence-corrected chi connectivity index (χ1v) is 9.05. The molecule has 1 atom stereocenters. The summed E-state index contributed by atoms with van der Waals surface area (Å²) in [4.78, 5) is 4.43. The van der Waals surface area contributed by atoms with Crippen LogP contribution in [0.1, 0.15) is 25.2 Å². The van der Waals surface area contributed by atoms with E-state index < -0.39 is 5.60 Å². The molecule has 2 rings (SSSR count). The summed E-state index contributed by atoms with van der Waals surface area (Å²) in [6.07, 6.45) is 1.54. The van der Waals surface area contributed by atoms with Crippen molar-refractivity contribution in [3.05, 3.63) is 54.0 Å². The minimum atomic E-state index is -1.16. The molecule has 0 amide bonds. The number of rotatable bonds is 10. The molecular formula is C20H29N3O4. The normalized spacial score (nSPS) is 13.9. The van der Waals surface area contributed by atoms with Gasteiger partial charge in [0.05, 0.1) is 33.1 Å². The summed E-state index contributed by atoms with van der Waals surface area (Å²) in [5.74, 6) is 1.92. The van der Waals surface area contributed by atoms with E-state index in [4.69, 9.17) is 13.9 Å². The Morgan fingerprint density at radius 1 is 1.22 bits per heavy atom. The highest BCUT2D eigenvalue weighted by Gasteiger charge is 2.26. The molecule has 0 saturated carbocycles. The Morgan fingerprint density at radius 3 is 2.74 bits per heavy atom. The molecule has 1 heterocycles. The van der Waals surface area contributed by atoms with Crippen molar-refractivity contribution in [2.75, 3.05) is 33.4 Å². The summed E-state index contributed by atoms with van der Waals surface area (Å²) in [7, 11) is 1.65. The molecule has 2 aromatic rings. The van der Waals surface area contributed by atoms with E-state index in [-0.39, 0.29) is 6.54 Å². The van der Waals surface area contributed by atoms with E-state index >= 15 is 0 Å². The fourth-order valence-corrected chi connectivity index (χ4v) is 2.48. The van der Waals surface area contributed by atoms with E-state index in [0.717, 1.165) is 17.9 Å². The molecule has 27 heavy (non-hydrogen) atoms. The van der Waals surface area contributed by atoms with Crippen LogP contribution >= 0.6 is 0 Å². The van der Waals surface area contributed by atoms with Crippen molar-refractivity contribution in [2.45, 2.75) is 26.1 Å². The Morgan fingerprint density at radius 2 is 2.04 bits per heavy atom. The van der Waals surface area contributed by atoms with Crippen LogP contribution in [-0.2, 0) is 16.9 Å². The van der Waals surface area contributed by atoms with Gasteiger partial charge in [0.15, 0.2) is 5.96 Å². The van der Waals surface area contributed by atoms with Crippen LogP contribution in [0.2, 0.25) is 0 Å². The van der Waals surface area contributed by atoms with E-state index in [9.17, 15) is 5.11 Å².